The topological polar surface area (TPSA) is 59.9 Å². The van der Waals surface area contributed by atoms with Crippen molar-refractivity contribution in [3.05, 3.63) is 29.0 Å². The van der Waals surface area contributed by atoms with Crippen LogP contribution in [-0.2, 0) is 11.2 Å². The lowest BCUT2D eigenvalue weighted by molar-refractivity contribution is 0.199. The summed E-state index contributed by atoms with van der Waals surface area (Å²) in [6, 6.07) is 4.02. The summed E-state index contributed by atoms with van der Waals surface area (Å²) in [5, 5.41) is 13.7. The van der Waals surface area contributed by atoms with Crippen molar-refractivity contribution in [1.29, 1.82) is 0 Å². The van der Waals surface area contributed by atoms with Crippen LogP contribution in [0, 0.1) is 6.92 Å². The van der Waals surface area contributed by atoms with Gasteiger partial charge in [-0.3, -0.25) is 4.98 Å². The van der Waals surface area contributed by atoms with Gasteiger partial charge in [0.15, 0.2) is 0 Å². The molecule has 0 unspecified atom stereocenters. The minimum Gasteiger partial charge on any atom is -0.383 e. The molecule has 2 heterocycles. The first-order chi connectivity index (χ1) is 9.29. The van der Waals surface area contributed by atoms with Gasteiger partial charge in [0, 0.05) is 44.1 Å². The van der Waals surface area contributed by atoms with Gasteiger partial charge in [-0.25, -0.2) is 0 Å². The van der Waals surface area contributed by atoms with E-state index in [1.807, 2.05) is 25.3 Å². The Bertz CT molecular complexity index is 498. The summed E-state index contributed by atoms with van der Waals surface area (Å²) in [5.74, 6) is 0. The maximum absolute atomic E-state index is 4.97. The van der Waals surface area contributed by atoms with Crippen LogP contribution >= 0.6 is 11.3 Å². The number of nitrogens with one attached hydrogen (secondary N) is 1. The van der Waals surface area contributed by atoms with Crippen molar-refractivity contribution in [3.8, 4) is 10.6 Å². The van der Waals surface area contributed by atoms with Crippen LogP contribution in [0.3, 0.4) is 0 Å². The average Bonchev–Trinajstić information content (AvgIpc) is 2.88. The summed E-state index contributed by atoms with van der Waals surface area (Å²) in [4.78, 5) is 4.27. The van der Waals surface area contributed by atoms with E-state index in [4.69, 9.17) is 4.74 Å². The number of ether oxygens (including phenoxy) is 1. The van der Waals surface area contributed by atoms with Crippen LogP contribution in [0.4, 0.5) is 0 Å². The van der Waals surface area contributed by atoms with E-state index in [0.717, 1.165) is 47.4 Å². The molecule has 0 fully saturated rings. The van der Waals surface area contributed by atoms with Crippen LogP contribution in [0.1, 0.15) is 10.7 Å². The number of hydrogen-bond donors (Lipinski definition) is 1. The van der Waals surface area contributed by atoms with Gasteiger partial charge in [0.25, 0.3) is 0 Å². The second-order valence-electron chi connectivity index (χ2n) is 4.18. The summed E-state index contributed by atoms with van der Waals surface area (Å²) < 4.78 is 4.97. The first-order valence-electron chi connectivity index (χ1n) is 6.24. The smallest absolute Gasteiger partial charge is 0.149 e. The first kappa shape index (κ1) is 14.0. The SMILES string of the molecule is COCCNCCc1nnc(-c2ccc(C)nc2)s1. The van der Waals surface area contributed by atoms with Gasteiger partial charge in [0.2, 0.25) is 0 Å². The first-order valence-corrected chi connectivity index (χ1v) is 7.06. The van der Waals surface area contributed by atoms with Gasteiger partial charge in [0.05, 0.1) is 6.61 Å². The largest absolute Gasteiger partial charge is 0.383 e. The monoisotopic (exact) mass is 278 g/mol. The van der Waals surface area contributed by atoms with E-state index in [1.54, 1.807) is 18.4 Å². The van der Waals surface area contributed by atoms with Crippen molar-refractivity contribution in [2.75, 3.05) is 26.8 Å². The van der Waals surface area contributed by atoms with Crippen molar-refractivity contribution in [2.24, 2.45) is 0 Å². The van der Waals surface area contributed by atoms with Gasteiger partial charge in [-0.15, -0.1) is 10.2 Å². The summed E-state index contributed by atoms with van der Waals surface area (Å²) >= 11 is 1.62. The van der Waals surface area contributed by atoms with Gasteiger partial charge in [-0.1, -0.05) is 11.3 Å². The number of hydrogen-bond acceptors (Lipinski definition) is 6. The molecule has 1 N–H and O–H groups in total. The lowest BCUT2D eigenvalue weighted by Crippen LogP contribution is -2.21. The van der Waals surface area contributed by atoms with Gasteiger partial charge >= 0.3 is 0 Å². The molecule has 0 amide bonds. The van der Waals surface area contributed by atoms with Crippen LogP contribution in [0.5, 0.6) is 0 Å². The number of aromatic nitrogens is 3. The molecule has 0 aliphatic rings. The Kier molecular flexibility index (Phi) is 5.38. The maximum Gasteiger partial charge on any atom is 0.149 e. The fourth-order valence-corrected chi connectivity index (χ4v) is 2.39. The molecule has 6 heteroatoms. The van der Waals surface area contributed by atoms with Crippen LogP contribution < -0.4 is 5.32 Å². The van der Waals surface area contributed by atoms with Crippen LogP contribution in [-0.4, -0.2) is 42.0 Å². The molecule has 2 aromatic heterocycles. The van der Waals surface area contributed by atoms with E-state index in [0.29, 0.717) is 0 Å². The van der Waals surface area contributed by atoms with Gasteiger partial charge < -0.3 is 10.1 Å². The average molecular weight is 278 g/mol. The highest BCUT2D eigenvalue weighted by Crippen LogP contribution is 2.22. The Morgan fingerprint density at radius 2 is 2.16 bits per heavy atom. The maximum atomic E-state index is 4.97. The minimum atomic E-state index is 0.733. The zero-order chi connectivity index (χ0) is 13.5. The van der Waals surface area contributed by atoms with Crippen LogP contribution in [0.25, 0.3) is 10.6 Å². The molecule has 0 spiro atoms. The van der Waals surface area contributed by atoms with Crippen molar-refractivity contribution >= 4 is 11.3 Å². The van der Waals surface area contributed by atoms with Crippen molar-refractivity contribution in [1.82, 2.24) is 20.5 Å². The molecule has 0 saturated heterocycles. The summed E-state index contributed by atoms with van der Waals surface area (Å²) in [7, 11) is 1.70. The predicted octanol–water partition coefficient (Wildman–Crippen LogP) is 1.69. The standard InChI is InChI=1S/C13H18N4OS/c1-10-3-4-11(9-15-10)13-17-16-12(19-13)5-6-14-7-8-18-2/h3-4,9,14H,5-8H2,1-2H3. The quantitative estimate of drug-likeness (QED) is 0.781. The Morgan fingerprint density at radius 1 is 1.26 bits per heavy atom. The van der Waals surface area contributed by atoms with E-state index in [-0.39, 0.29) is 0 Å². The van der Waals surface area contributed by atoms with Crippen molar-refractivity contribution < 1.29 is 4.74 Å². The fraction of sp³-hybridized carbons (Fsp3) is 0.462. The number of pyridine rings is 1. The molecule has 2 rings (SSSR count). The van der Waals surface area contributed by atoms with Crippen molar-refractivity contribution in [3.63, 3.8) is 0 Å². The molecule has 0 atom stereocenters. The molecule has 0 radical (unpaired) electrons. The Balaban J connectivity index is 1.86. The van der Waals surface area contributed by atoms with E-state index in [9.17, 15) is 0 Å². The normalized spacial score (nSPS) is 10.8. The summed E-state index contributed by atoms with van der Waals surface area (Å²) in [6.45, 7) is 4.46. The zero-order valence-electron chi connectivity index (χ0n) is 11.2. The Morgan fingerprint density at radius 3 is 2.89 bits per heavy atom. The highest BCUT2D eigenvalue weighted by atomic mass is 32.1. The molecule has 0 saturated carbocycles. The van der Waals surface area contributed by atoms with Gasteiger partial charge in [-0.05, 0) is 19.1 Å². The zero-order valence-corrected chi connectivity index (χ0v) is 12.0. The highest BCUT2D eigenvalue weighted by Gasteiger charge is 2.06. The lowest BCUT2D eigenvalue weighted by Gasteiger charge is -2.00. The molecule has 102 valence electrons. The Hall–Kier alpha value is -1.37. The summed E-state index contributed by atoms with van der Waals surface area (Å²) in [6.07, 6.45) is 2.73. The number of rotatable bonds is 7. The molecular weight excluding hydrogens is 260 g/mol. The predicted molar refractivity (Wildman–Crippen MR) is 76.3 cm³/mol. The molecule has 0 bridgehead atoms. The Labute approximate surface area is 117 Å². The second-order valence-corrected chi connectivity index (χ2v) is 5.24. The van der Waals surface area contributed by atoms with Crippen LogP contribution in [0.15, 0.2) is 18.3 Å². The third-order valence-corrected chi connectivity index (χ3v) is 3.66. The number of aryl methyl sites for hydroxylation is 1. The molecule has 0 aromatic carbocycles. The van der Waals surface area contributed by atoms with Gasteiger partial charge in [-0.2, -0.15) is 0 Å². The molecule has 5 nitrogen and oxygen atoms in total. The van der Waals surface area contributed by atoms with Crippen LogP contribution in [0.2, 0.25) is 0 Å². The second kappa shape index (κ2) is 7.28. The third kappa shape index (κ3) is 4.34. The van der Waals surface area contributed by atoms with E-state index in [1.165, 1.54) is 0 Å². The molecule has 19 heavy (non-hydrogen) atoms. The number of nitrogens with zero attached hydrogens (tertiary/aromatic N) is 3. The molecule has 0 aliphatic heterocycles. The van der Waals surface area contributed by atoms with E-state index >= 15 is 0 Å². The lowest BCUT2D eigenvalue weighted by atomic mass is 10.3. The van der Waals surface area contributed by atoms with E-state index in [2.05, 4.69) is 20.5 Å². The fourth-order valence-electron chi connectivity index (χ4n) is 1.56. The number of methoxy groups -OCH3 is 1. The highest BCUT2D eigenvalue weighted by molar-refractivity contribution is 7.14. The van der Waals surface area contributed by atoms with E-state index < -0.39 is 0 Å². The third-order valence-electron chi connectivity index (χ3n) is 2.62. The van der Waals surface area contributed by atoms with Crippen molar-refractivity contribution in [2.45, 2.75) is 13.3 Å². The van der Waals surface area contributed by atoms with Gasteiger partial charge in [0.1, 0.15) is 10.0 Å². The minimum absolute atomic E-state index is 0.733. The molecular formula is C13H18N4OS. The molecule has 2 aromatic rings. The molecule has 0 aliphatic carbocycles. The summed E-state index contributed by atoms with van der Waals surface area (Å²) in [5.41, 5.74) is 2.04.